The Bertz CT molecular complexity index is 1580. The Kier molecular flexibility index (Phi) is 8.66. The molecule has 232 valence electrons. The van der Waals surface area contributed by atoms with Crippen molar-refractivity contribution in [2.45, 2.75) is 77.5 Å². The summed E-state index contributed by atoms with van der Waals surface area (Å²) in [7, 11) is 1.33. The zero-order valence-electron chi connectivity index (χ0n) is 25.8. The monoisotopic (exact) mass is 619 g/mol. The first kappa shape index (κ1) is 30.5. The molecule has 0 radical (unpaired) electrons. The lowest BCUT2D eigenvalue weighted by atomic mass is 9.92. The summed E-state index contributed by atoms with van der Waals surface area (Å²) in [6.07, 6.45) is 4.53. The number of hydrogen-bond acceptors (Lipinski definition) is 6. The Morgan fingerprint density at radius 2 is 1.80 bits per heavy atom. The van der Waals surface area contributed by atoms with E-state index in [1.165, 1.54) is 24.8 Å². The van der Waals surface area contributed by atoms with Crippen molar-refractivity contribution in [2.24, 2.45) is 0 Å². The summed E-state index contributed by atoms with van der Waals surface area (Å²) in [5.41, 5.74) is 6.28. The fourth-order valence-corrected chi connectivity index (χ4v) is 7.01. The number of carbonyl (C=O) groups excluding carboxylic acids is 2. The van der Waals surface area contributed by atoms with Crippen molar-refractivity contribution < 1.29 is 23.5 Å². The van der Waals surface area contributed by atoms with Gasteiger partial charge in [0.15, 0.2) is 0 Å². The highest BCUT2D eigenvalue weighted by atomic mass is 35.5. The lowest BCUT2D eigenvalue weighted by Crippen LogP contribution is -2.50. The van der Waals surface area contributed by atoms with E-state index in [1.807, 2.05) is 18.7 Å². The normalized spacial score (nSPS) is 17.6. The highest BCUT2D eigenvalue weighted by Crippen LogP contribution is 2.50. The molecular formula is C35H39ClFN3O4. The van der Waals surface area contributed by atoms with Gasteiger partial charge in [0.2, 0.25) is 0 Å². The average molecular weight is 620 g/mol. The van der Waals surface area contributed by atoms with Crippen LogP contribution < -0.4 is 4.74 Å². The van der Waals surface area contributed by atoms with Crippen LogP contribution in [0.5, 0.6) is 5.75 Å². The van der Waals surface area contributed by atoms with Gasteiger partial charge in [-0.3, -0.25) is 14.7 Å². The number of fused-ring (bicyclic) bond motifs is 1. The van der Waals surface area contributed by atoms with Gasteiger partial charge in [-0.25, -0.2) is 9.18 Å². The van der Waals surface area contributed by atoms with Crippen LogP contribution in [0, 0.1) is 12.7 Å². The summed E-state index contributed by atoms with van der Waals surface area (Å²) in [6.45, 7) is 8.75. The van der Waals surface area contributed by atoms with Gasteiger partial charge < -0.3 is 14.4 Å². The third-order valence-corrected chi connectivity index (χ3v) is 9.36. The van der Waals surface area contributed by atoms with E-state index in [-0.39, 0.29) is 23.9 Å². The van der Waals surface area contributed by atoms with Crippen LogP contribution in [0.4, 0.5) is 4.39 Å². The Morgan fingerprint density at radius 3 is 2.43 bits per heavy atom. The fraction of sp³-hybridized carbons (Fsp3) is 0.457. The van der Waals surface area contributed by atoms with Crippen molar-refractivity contribution in [3.05, 3.63) is 80.9 Å². The Balaban J connectivity index is 1.20. The Morgan fingerprint density at radius 1 is 1.09 bits per heavy atom. The van der Waals surface area contributed by atoms with Crippen molar-refractivity contribution in [3.63, 3.8) is 0 Å². The minimum atomic E-state index is -0.479. The molecule has 2 fully saturated rings. The third kappa shape index (κ3) is 6.07. The molecule has 7 nitrogen and oxygen atoms in total. The number of piperidine rings is 1. The predicted octanol–water partition coefficient (Wildman–Crippen LogP) is 6.96. The predicted molar refractivity (Wildman–Crippen MR) is 168 cm³/mol. The summed E-state index contributed by atoms with van der Waals surface area (Å²) < 4.78 is 25.0. The molecular weight excluding hydrogens is 581 g/mol. The molecule has 1 aliphatic carbocycles. The van der Waals surface area contributed by atoms with Crippen molar-refractivity contribution in [1.29, 1.82) is 0 Å². The summed E-state index contributed by atoms with van der Waals surface area (Å²) >= 11 is 7.14. The van der Waals surface area contributed by atoms with Gasteiger partial charge >= 0.3 is 5.97 Å². The van der Waals surface area contributed by atoms with Crippen LogP contribution in [0.1, 0.15) is 88.7 Å². The van der Waals surface area contributed by atoms with E-state index in [1.54, 1.807) is 25.1 Å². The number of benzene rings is 2. The van der Waals surface area contributed by atoms with Gasteiger partial charge in [-0.2, -0.15) is 0 Å². The van der Waals surface area contributed by atoms with E-state index in [0.29, 0.717) is 53.0 Å². The third-order valence-electron chi connectivity index (χ3n) is 9.00. The summed E-state index contributed by atoms with van der Waals surface area (Å²) in [5, 5.41) is 0.590. The van der Waals surface area contributed by atoms with E-state index in [2.05, 4.69) is 16.0 Å². The van der Waals surface area contributed by atoms with Gasteiger partial charge in [0.25, 0.3) is 5.91 Å². The molecule has 2 aliphatic heterocycles. The highest BCUT2D eigenvalue weighted by molar-refractivity contribution is 6.35. The number of nitrogens with zero attached hydrogens (tertiary/aromatic N) is 3. The second kappa shape index (κ2) is 12.5. The lowest BCUT2D eigenvalue weighted by Gasteiger charge is -2.40. The maximum Gasteiger partial charge on any atom is 0.339 e. The summed E-state index contributed by atoms with van der Waals surface area (Å²) in [4.78, 5) is 34.8. The van der Waals surface area contributed by atoms with Gasteiger partial charge in [0.1, 0.15) is 11.6 Å². The quantitative estimate of drug-likeness (QED) is 0.254. The molecule has 0 atom stereocenters. The van der Waals surface area contributed by atoms with E-state index >= 15 is 0 Å². The van der Waals surface area contributed by atoms with Crippen LogP contribution >= 0.6 is 11.6 Å². The zero-order chi connectivity index (χ0) is 31.1. The largest absolute Gasteiger partial charge is 0.489 e. The van der Waals surface area contributed by atoms with Crippen molar-refractivity contribution in [1.82, 2.24) is 14.8 Å². The van der Waals surface area contributed by atoms with Gasteiger partial charge in [-0.05, 0) is 87.8 Å². The van der Waals surface area contributed by atoms with Crippen LogP contribution in [-0.2, 0) is 17.7 Å². The number of rotatable bonds is 8. The summed E-state index contributed by atoms with van der Waals surface area (Å²) in [5.74, 6) is 0.319. The van der Waals surface area contributed by atoms with Crippen LogP contribution in [0.25, 0.3) is 11.1 Å². The minimum Gasteiger partial charge on any atom is -0.489 e. The molecule has 0 spiro atoms. The van der Waals surface area contributed by atoms with Gasteiger partial charge in [0, 0.05) is 49.8 Å². The second-order valence-electron chi connectivity index (χ2n) is 12.5. The number of aromatic nitrogens is 1. The van der Waals surface area contributed by atoms with E-state index in [4.69, 9.17) is 21.1 Å². The first-order chi connectivity index (χ1) is 21.1. The number of ether oxygens (including phenoxy) is 2. The molecule has 1 saturated heterocycles. The average Bonchev–Trinajstić information content (AvgIpc) is 3.85. The smallest absolute Gasteiger partial charge is 0.339 e. The first-order valence-electron chi connectivity index (χ1n) is 15.5. The number of aryl methyl sites for hydroxylation is 1. The molecule has 2 aromatic carbocycles. The van der Waals surface area contributed by atoms with Crippen LogP contribution in [0.15, 0.2) is 36.4 Å². The van der Waals surface area contributed by atoms with Crippen molar-refractivity contribution >= 4 is 23.5 Å². The number of hydrogen-bond donors (Lipinski definition) is 0. The number of likely N-dealkylation sites (tertiary alicyclic amines) is 1. The van der Waals surface area contributed by atoms with Crippen molar-refractivity contribution in [2.75, 3.05) is 26.7 Å². The topological polar surface area (TPSA) is 72.0 Å². The SMILES string of the molecule is COC(=O)c1cc2c(nc1C)CCN(C1CCN(Cc3cc(C4CC4)c(-c4ccc(F)cc4)c(Cl)c3OC(C)C)CC1)C2=O. The van der Waals surface area contributed by atoms with Gasteiger partial charge in [-0.1, -0.05) is 23.7 Å². The van der Waals surface area contributed by atoms with Crippen molar-refractivity contribution in [3.8, 4) is 16.9 Å². The Labute approximate surface area is 263 Å². The molecule has 44 heavy (non-hydrogen) atoms. The molecule has 3 heterocycles. The second-order valence-corrected chi connectivity index (χ2v) is 12.8. The maximum atomic E-state index is 13.8. The van der Waals surface area contributed by atoms with Crippen LogP contribution in [0.2, 0.25) is 5.02 Å². The minimum absolute atomic E-state index is 0.0594. The number of methoxy groups -OCH3 is 1. The number of carbonyl (C=O) groups is 2. The molecule has 6 rings (SSSR count). The number of pyridine rings is 1. The molecule has 1 amide bonds. The molecule has 9 heteroatoms. The molecule has 1 saturated carbocycles. The molecule has 0 bridgehead atoms. The van der Waals surface area contributed by atoms with Gasteiger partial charge in [0.05, 0.1) is 40.8 Å². The standard InChI is InChI=1S/C35H39ClFN3O4/c1-20(2)44-33-24(17-28(22-5-6-22)31(32(33)36)23-7-9-25(37)10-8-23)19-39-14-11-26(12-15-39)40-16-13-30-29(34(40)41)18-27(21(3)38-30)35(42)43-4/h7-10,17-18,20,22,26H,5-6,11-16,19H2,1-4H3. The summed E-state index contributed by atoms with van der Waals surface area (Å²) in [6, 6.07) is 10.6. The lowest BCUT2D eigenvalue weighted by molar-refractivity contribution is 0.0542. The molecule has 0 unspecified atom stereocenters. The molecule has 3 aliphatic rings. The molecule has 3 aromatic rings. The van der Waals surface area contributed by atoms with Crippen LogP contribution in [-0.4, -0.2) is 65.6 Å². The van der Waals surface area contributed by atoms with E-state index in [0.717, 1.165) is 61.2 Å². The molecule has 1 aromatic heterocycles. The Hall–Kier alpha value is -3.49. The maximum absolute atomic E-state index is 13.8. The first-order valence-corrected chi connectivity index (χ1v) is 15.9. The van der Waals surface area contributed by atoms with E-state index in [9.17, 15) is 14.0 Å². The molecule has 0 N–H and O–H groups in total. The number of esters is 1. The van der Waals surface area contributed by atoms with Crippen LogP contribution in [0.3, 0.4) is 0 Å². The number of halogens is 2. The number of amides is 1. The van der Waals surface area contributed by atoms with Gasteiger partial charge in [-0.15, -0.1) is 0 Å². The zero-order valence-corrected chi connectivity index (χ0v) is 26.5. The van der Waals surface area contributed by atoms with E-state index < -0.39 is 5.97 Å². The fourth-order valence-electron chi connectivity index (χ4n) is 6.62. The highest BCUT2D eigenvalue weighted by Gasteiger charge is 2.35.